The normalized spacial score (nSPS) is 23.4. The van der Waals surface area contributed by atoms with Crippen molar-refractivity contribution in [3.8, 4) is 0 Å². The number of halogens is 3. The molecule has 3 rings (SSSR count). The molecule has 0 spiro atoms. The SMILES string of the molecule is CC(C)(C)OC(=O)N1CCN(C2c3ccc(Br)cc3CC2(F)F)CC1. The molecule has 0 radical (unpaired) electrons. The molecular weight excluding hydrogens is 394 g/mol. The Hall–Kier alpha value is -1.21. The minimum absolute atomic E-state index is 0.237. The minimum atomic E-state index is -2.79. The third-order valence-electron chi connectivity index (χ3n) is 4.56. The van der Waals surface area contributed by atoms with Crippen LogP contribution in [0.1, 0.15) is 37.9 Å². The van der Waals surface area contributed by atoms with Gasteiger partial charge in [-0.3, -0.25) is 4.90 Å². The molecule has 1 aromatic rings. The van der Waals surface area contributed by atoms with Gasteiger partial charge in [-0.05, 0) is 44.0 Å². The summed E-state index contributed by atoms with van der Waals surface area (Å²) in [5.74, 6) is -2.79. The smallest absolute Gasteiger partial charge is 0.410 e. The van der Waals surface area contributed by atoms with Crippen molar-refractivity contribution in [2.24, 2.45) is 0 Å². The van der Waals surface area contributed by atoms with Gasteiger partial charge in [-0.2, -0.15) is 0 Å². The predicted molar refractivity (Wildman–Crippen MR) is 94.9 cm³/mol. The number of nitrogens with zero attached hydrogens (tertiary/aromatic N) is 2. The summed E-state index contributed by atoms with van der Waals surface area (Å²) in [6, 6.07) is 4.45. The van der Waals surface area contributed by atoms with Gasteiger partial charge in [-0.15, -0.1) is 0 Å². The molecular formula is C18H23BrF2N2O2. The number of fused-ring (bicyclic) bond motifs is 1. The fourth-order valence-corrected chi connectivity index (χ4v) is 3.93. The predicted octanol–water partition coefficient (Wildman–Crippen LogP) is 4.23. The lowest BCUT2D eigenvalue weighted by Gasteiger charge is -2.40. The lowest BCUT2D eigenvalue weighted by Crippen LogP contribution is -2.52. The standard InChI is InChI=1S/C18H23BrF2N2O2/c1-17(2,3)25-16(24)23-8-6-22(7-9-23)15-14-5-4-13(19)10-12(14)11-18(15,20)21/h4-5,10,15H,6-9,11H2,1-3H3. The quantitative estimate of drug-likeness (QED) is 0.686. The molecule has 1 atom stereocenters. The highest BCUT2D eigenvalue weighted by Gasteiger charge is 2.51. The lowest BCUT2D eigenvalue weighted by atomic mass is 10.0. The number of carbonyl (C=O) groups excluding carboxylic acids is 1. The largest absolute Gasteiger partial charge is 0.444 e. The van der Waals surface area contributed by atoms with Gasteiger partial charge in [0, 0.05) is 37.1 Å². The highest BCUT2D eigenvalue weighted by atomic mass is 79.9. The van der Waals surface area contributed by atoms with Gasteiger partial charge < -0.3 is 9.64 Å². The van der Waals surface area contributed by atoms with Crippen molar-refractivity contribution < 1.29 is 18.3 Å². The minimum Gasteiger partial charge on any atom is -0.444 e. The number of hydrogen-bond donors (Lipinski definition) is 0. The molecule has 1 amide bonds. The van der Waals surface area contributed by atoms with E-state index in [1.807, 2.05) is 26.8 Å². The van der Waals surface area contributed by atoms with Crippen LogP contribution in [-0.4, -0.2) is 53.6 Å². The second-order valence-electron chi connectivity index (χ2n) is 7.69. The lowest BCUT2D eigenvalue weighted by molar-refractivity contribution is -0.0818. The Labute approximate surface area is 155 Å². The van der Waals surface area contributed by atoms with Gasteiger partial charge in [0.25, 0.3) is 5.92 Å². The average Bonchev–Trinajstić information content (AvgIpc) is 2.74. The van der Waals surface area contributed by atoms with Gasteiger partial charge >= 0.3 is 6.09 Å². The van der Waals surface area contributed by atoms with Gasteiger partial charge in [0.05, 0.1) is 6.04 Å². The van der Waals surface area contributed by atoms with Gasteiger partial charge in [-0.25, -0.2) is 13.6 Å². The van der Waals surface area contributed by atoms with Crippen molar-refractivity contribution in [1.29, 1.82) is 0 Å². The molecule has 1 heterocycles. The first-order valence-corrected chi connectivity index (χ1v) is 9.24. The summed E-state index contributed by atoms with van der Waals surface area (Å²) in [6.45, 7) is 7.06. The highest BCUT2D eigenvalue weighted by molar-refractivity contribution is 9.10. The van der Waals surface area contributed by atoms with E-state index < -0.39 is 17.6 Å². The summed E-state index contributed by atoms with van der Waals surface area (Å²) in [6.07, 6.45) is -0.617. The monoisotopic (exact) mass is 416 g/mol. The zero-order valence-corrected chi connectivity index (χ0v) is 16.3. The summed E-state index contributed by atoms with van der Waals surface area (Å²) in [4.78, 5) is 15.5. The van der Waals surface area contributed by atoms with Crippen molar-refractivity contribution in [1.82, 2.24) is 9.80 Å². The van der Waals surface area contributed by atoms with E-state index in [0.717, 1.165) is 4.47 Å². The molecule has 1 unspecified atom stereocenters. The second kappa shape index (κ2) is 6.50. The number of ether oxygens (including phenoxy) is 1. The molecule has 0 bridgehead atoms. The zero-order chi connectivity index (χ0) is 18.4. The first-order valence-electron chi connectivity index (χ1n) is 8.45. The van der Waals surface area contributed by atoms with E-state index in [1.165, 1.54) is 0 Å². The summed E-state index contributed by atoms with van der Waals surface area (Å²) in [7, 11) is 0. The van der Waals surface area contributed by atoms with E-state index in [2.05, 4.69) is 15.9 Å². The van der Waals surface area contributed by atoms with Crippen molar-refractivity contribution in [2.75, 3.05) is 26.2 Å². The Kier molecular flexibility index (Phi) is 4.83. The number of hydrogen-bond acceptors (Lipinski definition) is 3. The van der Waals surface area contributed by atoms with E-state index in [9.17, 15) is 13.6 Å². The van der Waals surface area contributed by atoms with E-state index in [4.69, 9.17) is 4.74 Å². The Bertz CT molecular complexity index is 668. The van der Waals surface area contributed by atoms with Crippen LogP contribution in [0.25, 0.3) is 0 Å². The number of carbonyl (C=O) groups is 1. The van der Waals surface area contributed by atoms with Crippen LogP contribution in [-0.2, 0) is 11.2 Å². The third kappa shape index (κ3) is 3.97. The van der Waals surface area contributed by atoms with Crippen LogP contribution in [0, 0.1) is 0 Å². The first kappa shape index (κ1) is 18.6. The number of alkyl halides is 2. The van der Waals surface area contributed by atoms with Crippen molar-refractivity contribution >= 4 is 22.0 Å². The maximum atomic E-state index is 14.6. The fourth-order valence-electron chi connectivity index (χ4n) is 3.53. The zero-order valence-electron chi connectivity index (χ0n) is 14.7. The molecule has 2 aliphatic rings. The second-order valence-corrected chi connectivity index (χ2v) is 8.60. The Morgan fingerprint density at radius 2 is 1.88 bits per heavy atom. The molecule has 0 aromatic heterocycles. The first-order chi connectivity index (χ1) is 11.6. The van der Waals surface area contributed by atoms with Gasteiger partial charge in [-0.1, -0.05) is 22.0 Å². The molecule has 25 heavy (non-hydrogen) atoms. The molecule has 1 aliphatic carbocycles. The average molecular weight is 417 g/mol. The van der Waals surface area contributed by atoms with Gasteiger partial charge in [0.15, 0.2) is 0 Å². The van der Waals surface area contributed by atoms with Crippen molar-refractivity contribution in [3.05, 3.63) is 33.8 Å². The van der Waals surface area contributed by atoms with Crippen LogP contribution in [0.5, 0.6) is 0 Å². The summed E-state index contributed by atoms with van der Waals surface area (Å²) < 4.78 is 35.4. The van der Waals surface area contributed by atoms with Crippen LogP contribution in [0.2, 0.25) is 0 Å². The Morgan fingerprint density at radius 1 is 1.24 bits per heavy atom. The van der Waals surface area contributed by atoms with Crippen LogP contribution in [0.4, 0.5) is 13.6 Å². The summed E-state index contributed by atoms with van der Waals surface area (Å²) >= 11 is 3.35. The highest BCUT2D eigenvalue weighted by Crippen LogP contribution is 2.47. The third-order valence-corrected chi connectivity index (χ3v) is 5.05. The maximum absolute atomic E-state index is 14.6. The molecule has 1 saturated heterocycles. The van der Waals surface area contributed by atoms with E-state index in [-0.39, 0.29) is 12.5 Å². The Morgan fingerprint density at radius 3 is 2.48 bits per heavy atom. The maximum Gasteiger partial charge on any atom is 0.410 e. The molecule has 7 heteroatoms. The molecule has 0 N–H and O–H groups in total. The summed E-state index contributed by atoms with van der Waals surface area (Å²) in [5, 5.41) is 0. The van der Waals surface area contributed by atoms with E-state index in [0.29, 0.717) is 37.3 Å². The topological polar surface area (TPSA) is 32.8 Å². The molecule has 1 aromatic carbocycles. The van der Waals surface area contributed by atoms with E-state index >= 15 is 0 Å². The molecule has 1 aliphatic heterocycles. The summed E-state index contributed by atoms with van der Waals surface area (Å²) in [5.41, 5.74) is 0.830. The van der Waals surface area contributed by atoms with Crippen LogP contribution >= 0.6 is 15.9 Å². The van der Waals surface area contributed by atoms with Gasteiger partial charge in [0.2, 0.25) is 0 Å². The van der Waals surface area contributed by atoms with Crippen LogP contribution in [0.3, 0.4) is 0 Å². The number of amides is 1. The van der Waals surface area contributed by atoms with Crippen molar-refractivity contribution in [2.45, 2.75) is 44.8 Å². The van der Waals surface area contributed by atoms with Gasteiger partial charge in [0.1, 0.15) is 5.60 Å². The molecule has 0 saturated carbocycles. The Balaban J connectivity index is 1.70. The molecule has 4 nitrogen and oxygen atoms in total. The molecule has 138 valence electrons. The molecule has 1 fully saturated rings. The number of piperazine rings is 1. The van der Waals surface area contributed by atoms with Crippen molar-refractivity contribution in [3.63, 3.8) is 0 Å². The van der Waals surface area contributed by atoms with E-state index in [1.54, 1.807) is 21.9 Å². The number of rotatable bonds is 1. The fraction of sp³-hybridized carbons (Fsp3) is 0.611. The van der Waals surface area contributed by atoms with Crippen LogP contribution in [0.15, 0.2) is 22.7 Å². The number of benzene rings is 1. The van der Waals surface area contributed by atoms with Crippen LogP contribution < -0.4 is 0 Å².